The van der Waals surface area contributed by atoms with Crippen LogP contribution in [0.2, 0.25) is 10.0 Å². The Kier molecular flexibility index (Phi) is 8.21. The highest BCUT2D eigenvalue weighted by atomic mass is 35.5. The Morgan fingerprint density at radius 3 is 2.00 bits per heavy atom. The molecule has 6 rings (SSSR count). The minimum atomic E-state index is -4.89. The summed E-state index contributed by atoms with van der Waals surface area (Å²) in [5.41, 5.74) is -3.74. The molecule has 0 atom stereocenters. The van der Waals surface area contributed by atoms with Gasteiger partial charge < -0.3 is 14.6 Å². The van der Waals surface area contributed by atoms with Crippen molar-refractivity contribution in [2.24, 2.45) is 10.8 Å². The van der Waals surface area contributed by atoms with Crippen LogP contribution in [-0.2, 0) is 16.5 Å². The highest BCUT2D eigenvalue weighted by Gasteiger charge is 2.55. The normalized spacial score (nSPS) is 25.5. The zero-order chi connectivity index (χ0) is 31.5. The van der Waals surface area contributed by atoms with Crippen molar-refractivity contribution < 1.29 is 37.1 Å². The fourth-order valence-corrected chi connectivity index (χ4v) is 8.07. The van der Waals surface area contributed by atoms with Gasteiger partial charge in [-0.05, 0) is 87.8 Å². The SMILES string of the molecule is CC1(C)CCC(N(CC(=O)c2c(Cl)cc(F)cc2Cl)C(=O)c2ccn(C34CCC(C(=O)O)(CC3)CC4)c2C(F)(F)F)CC1. The summed E-state index contributed by atoms with van der Waals surface area (Å²) in [6.45, 7) is 3.57. The van der Waals surface area contributed by atoms with Gasteiger partial charge in [-0.3, -0.25) is 14.4 Å². The maximum absolute atomic E-state index is 14.8. The van der Waals surface area contributed by atoms with E-state index in [0.29, 0.717) is 25.7 Å². The van der Waals surface area contributed by atoms with Crippen molar-refractivity contribution in [1.29, 1.82) is 0 Å². The van der Waals surface area contributed by atoms with Gasteiger partial charge in [0.05, 0.1) is 33.1 Å². The molecule has 4 aliphatic carbocycles. The lowest BCUT2D eigenvalue weighted by Crippen LogP contribution is -2.51. The molecule has 1 amide bonds. The van der Waals surface area contributed by atoms with E-state index in [1.54, 1.807) is 0 Å². The van der Waals surface area contributed by atoms with Crippen LogP contribution in [0.1, 0.15) is 104 Å². The second kappa shape index (κ2) is 11.1. The van der Waals surface area contributed by atoms with E-state index in [-0.39, 0.29) is 59.5 Å². The van der Waals surface area contributed by atoms with E-state index >= 15 is 0 Å². The highest BCUT2D eigenvalue weighted by Crippen LogP contribution is 2.57. The number of benzene rings is 1. The number of alkyl halides is 3. The van der Waals surface area contributed by atoms with Crippen molar-refractivity contribution in [2.75, 3.05) is 6.54 Å². The van der Waals surface area contributed by atoms with Crippen LogP contribution >= 0.6 is 23.2 Å². The second-order valence-corrected chi connectivity index (χ2v) is 14.1. The molecule has 1 aromatic heterocycles. The molecule has 0 unspecified atom stereocenters. The number of carbonyl (C=O) groups excluding carboxylic acids is 2. The molecule has 2 aromatic rings. The molecule has 43 heavy (non-hydrogen) atoms. The van der Waals surface area contributed by atoms with Crippen molar-refractivity contribution in [3.8, 4) is 0 Å². The van der Waals surface area contributed by atoms with Gasteiger partial charge in [-0.25, -0.2) is 4.39 Å². The van der Waals surface area contributed by atoms with Gasteiger partial charge in [-0.15, -0.1) is 0 Å². The van der Waals surface area contributed by atoms with E-state index in [1.807, 2.05) is 0 Å². The van der Waals surface area contributed by atoms with Crippen molar-refractivity contribution >= 4 is 40.9 Å². The Morgan fingerprint density at radius 2 is 1.51 bits per heavy atom. The average molecular weight is 646 g/mol. The second-order valence-electron chi connectivity index (χ2n) is 13.3. The number of rotatable bonds is 7. The zero-order valence-electron chi connectivity index (χ0n) is 24.0. The fraction of sp³-hybridized carbons (Fsp3) is 0.581. The number of carboxylic acids is 1. The molecule has 1 N–H and O–H groups in total. The maximum atomic E-state index is 14.8. The predicted octanol–water partition coefficient (Wildman–Crippen LogP) is 8.38. The first-order valence-corrected chi connectivity index (χ1v) is 15.3. The minimum Gasteiger partial charge on any atom is -0.481 e. The van der Waals surface area contributed by atoms with Crippen LogP contribution in [0, 0.1) is 16.6 Å². The monoisotopic (exact) mass is 644 g/mol. The van der Waals surface area contributed by atoms with E-state index in [2.05, 4.69) is 13.8 Å². The number of carbonyl (C=O) groups is 3. The predicted molar refractivity (Wildman–Crippen MR) is 153 cm³/mol. The number of fused-ring (bicyclic) bond motifs is 3. The minimum absolute atomic E-state index is 0.0223. The van der Waals surface area contributed by atoms with E-state index < -0.39 is 64.5 Å². The van der Waals surface area contributed by atoms with Crippen LogP contribution in [0.15, 0.2) is 24.4 Å². The van der Waals surface area contributed by atoms with Crippen molar-refractivity contribution in [2.45, 2.75) is 95.8 Å². The van der Waals surface area contributed by atoms with Gasteiger partial charge in [0.1, 0.15) is 11.5 Å². The highest BCUT2D eigenvalue weighted by molar-refractivity contribution is 6.40. The largest absolute Gasteiger partial charge is 0.481 e. The topological polar surface area (TPSA) is 79.6 Å². The molecule has 0 saturated heterocycles. The molecule has 1 heterocycles. The van der Waals surface area contributed by atoms with Gasteiger partial charge in [0, 0.05) is 17.8 Å². The van der Waals surface area contributed by atoms with Gasteiger partial charge in [0.15, 0.2) is 5.78 Å². The molecule has 12 heteroatoms. The molecule has 4 fully saturated rings. The van der Waals surface area contributed by atoms with Crippen LogP contribution in [0.4, 0.5) is 17.6 Å². The van der Waals surface area contributed by atoms with Crippen LogP contribution in [0.5, 0.6) is 0 Å². The molecule has 4 aliphatic rings. The quantitative estimate of drug-likeness (QED) is 0.242. The number of ketones is 1. The lowest BCUT2D eigenvalue weighted by Gasteiger charge is -2.52. The Bertz CT molecular complexity index is 1410. The summed E-state index contributed by atoms with van der Waals surface area (Å²) >= 11 is 12.3. The molecular weight excluding hydrogens is 611 g/mol. The van der Waals surface area contributed by atoms with E-state index in [0.717, 1.165) is 22.8 Å². The molecule has 0 radical (unpaired) electrons. The van der Waals surface area contributed by atoms with Crippen molar-refractivity contribution in [3.05, 3.63) is 57.1 Å². The number of hydrogen-bond acceptors (Lipinski definition) is 3. The molecule has 0 spiro atoms. The number of amides is 1. The van der Waals surface area contributed by atoms with Gasteiger partial charge in [0.25, 0.3) is 5.91 Å². The summed E-state index contributed by atoms with van der Waals surface area (Å²) in [6.07, 6.45) is 0.328. The van der Waals surface area contributed by atoms with Crippen LogP contribution in [0.25, 0.3) is 0 Å². The number of Topliss-reactive ketones (excluding diaryl/α,β-unsaturated/α-hetero) is 1. The third-order valence-corrected chi connectivity index (χ3v) is 10.8. The van der Waals surface area contributed by atoms with Gasteiger partial charge >= 0.3 is 12.1 Å². The first-order chi connectivity index (χ1) is 20.0. The number of carboxylic acid groups (broad SMARTS) is 1. The average Bonchev–Trinajstić information content (AvgIpc) is 3.39. The van der Waals surface area contributed by atoms with Crippen LogP contribution in [-0.4, -0.2) is 44.8 Å². The van der Waals surface area contributed by atoms with Crippen molar-refractivity contribution in [1.82, 2.24) is 9.47 Å². The maximum Gasteiger partial charge on any atom is 0.432 e. The third kappa shape index (κ3) is 5.81. The third-order valence-electron chi connectivity index (χ3n) is 10.2. The molecule has 234 valence electrons. The lowest BCUT2D eigenvalue weighted by molar-refractivity contribution is -0.162. The summed E-state index contributed by atoms with van der Waals surface area (Å²) in [7, 11) is 0. The molecule has 1 aromatic carbocycles. The lowest BCUT2D eigenvalue weighted by atomic mass is 9.57. The smallest absolute Gasteiger partial charge is 0.432 e. The van der Waals surface area contributed by atoms with Crippen LogP contribution in [0.3, 0.4) is 0 Å². The van der Waals surface area contributed by atoms with Gasteiger partial charge in [-0.2, -0.15) is 13.2 Å². The Hall–Kier alpha value is -2.59. The molecule has 4 saturated carbocycles. The van der Waals surface area contributed by atoms with Gasteiger partial charge in [-0.1, -0.05) is 37.0 Å². The number of nitrogens with zero attached hydrogens (tertiary/aromatic N) is 2. The summed E-state index contributed by atoms with van der Waals surface area (Å²) in [5.74, 6) is -3.31. The first-order valence-electron chi connectivity index (χ1n) is 14.5. The van der Waals surface area contributed by atoms with E-state index in [9.17, 15) is 37.1 Å². The first kappa shape index (κ1) is 31.8. The van der Waals surface area contributed by atoms with E-state index in [4.69, 9.17) is 23.2 Å². The van der Waals surface area contributed by atoms with Gasteiger partial charge in [0.2, 0.25) is 0 Å². The fourth-order valence-electron chi connectivity index (χ4n) is 7.40. The Labute approximate surface area is 257 Å². The molecular formula is C31H34Cl2F4N2O4. The number of halogens is 6. The summed E-state index contributed by atoms with van der Waals surface area (Å²) < 4.78 is 59.4. The van der Waals surface area contributed by atoms with E-state index in [1.165, 1.54) is 11.1 Å². The van der Waals surface area contributed by atoms with Crippen molar-refractivity contribution in [3.63, 3.8) is 0 Å². The number of aromatic nitrogens is 1. The Morgan fingerprint density at radius 1 is 0.977 bits per heavy atom. The summed E-state index contributed by atoms with van der Waals surface area (Å²) in [4.78, 5) is 40.7. The standard InChI is InChI=1S/C31H34Cl2F4N2O4/c1-28(2)6-3-19(4-7-28)38(17-23(40)24-21(32)15-18(34)16-22(24)33)26(41)20-5-14-39(25(20)31(35,36)37)30-11-8-29(9-12-30,10-13-30)27(42)43/h5,14-16,19H,3-4,6-13,17H2,1-2H3,(H,42,43). The Balaban J connectivity index is 1.53. The molecule has 0 aliphatic heterocycles. The summed E-state index contributed by atoms with van der Waals surface area (Å²) in [6, 6.07) is 2.50. The molecule has 2 bridgehead atoms. The number of aliphatic carboxylic acids is 1. The van der Waals surface area contributed by atoms with Crippen LogP contribution < -0.4 is 0 Å². The zero-order valence-corrected chi connectivity index (χ0v) is 25.5. The molecule has 6 nitrogen and oxygen atoms in total. The number of hydrogen-bond donors (Lipinski definition) is 1. The summed E-state index contributed by atoms with van der Waals surface area (Å²) in [5, 5.41) is 9.25.